The highest BCUT2D eigenvalue weighted by Gasteiger charge is 2.29. The van der Waals surface area contributed by atoms with E-state index in [1.165, 1.54) is 11.1 Å². The number of para-hydroxylation sites is 2. The third-order valence-electron chi connectivity index (χ3n) is 5.26. The number of imidazole rings is 1. The maximum atomic E-state index is 12.0. The van der Waals surface area contributed by atoms with Gasteiger partial charge in [0, 0.05) is 12.5 Å². The average molecular weight is 361 g/mol. The quantitative estimate of drug-likeness (QED) is 0.732. The number of benzene rings is 2. The van der Waals surface area contributed by atoms with Gasteiger partial charge in [-0.2, -0.15) is 0 Å². The van der Waals surface area contributed by atoms with Gasteiger partial charge < -0.3 is 9.88 Å². The van der Waals surface area contributed by atoms with E-state index in [-0.39, 0.29) is 17.2 Å². The summed E-state index contributed by atoms with van der Waals surface area (Å²) in [6.07, 6.45) is 2.03. The van der Waals surface area contributed by atoms with Crippen LogP contribution in [0.2, 0.25) is 0 Å². The molecule has 27 heavy (non-hydrogen) atoms. The van der Waals surface area contributed by atoms with Crippen LogP contribution in [0.5, 0.6) is 0 Å². The van der Waals surface area contributed by atoms with Crippen LogP contribution >= 0.6 is 0 Å². The first kappa shape index (κ1) is 17.8. The molecule has 0 atom stereocenters. The van der Waals surface area contributed by atoms with Crippen molar-refractivity contribution >= 4 is 16.9 Å². The molecule has 1 amide bonds. The minimum absolute atomic E-state index is 0.151. The number of carbonyl (C=O) groups excluding carboxylic acids is 1. The monoisotopic (exact) mass is 361 g/mol. The summed E-state index contributed by atoms with van der Waals surface area (Å²) in [6.45, 7) is 7.91. The second-order valence-electron chi connectivity index (χ2n) is 8.54. The van der Waals surface area contributed by atoms with Crippen LogP contribution in [0.1, 0.15) is 50.6 Å². The Kier molecular flexibility index (Phi) is 4.50. The van der Waals surface area contributed by atoms with Crippen molar-refractivity contribution in [2.75, 3.05) is 0 Å². The van der Waals surface area contributed by atoms with E-state index >= 15 is 0 Å². The van der Waals surface area contributed by atoms with Crippen molar-refractivity contribution in [2.45, 2.75) is 52.1 Å². The summed E-state index contributed by atoms with van der Waals surface area (Å²) in [5, 5.41) is 3.05. The molecule has 0 bridgehead atoms. The van der Waals surface area contributed by atoms with Gasteiger partial charge >= 0.3 is 0 Å². The summed E-state index contributed by atoms with van der Waals surface area (Å²) in [6, 6.07) is 17.0. The molecule has 4 nitrogen and oxygen atoms in total. The lowest BCUT2D eigenvalue weighted by Crippen LogP contribution is -2.26. The van der Waals surface area contributed by atoms with Gasteiger partial charge in [0.15, 0.2) is 0 Å². The van der Waals surface area contributed by atoms with Gasteiger partial charge in [0.25, 0.3) is 0 Å². The Balaban J connectivity index is 1.60. The van der Waals surface area contributed by atoms with E-state index in [1.54, 1.807) is 0 Å². The molecule has 0 aliphatic heterocycles. The van der Waals surface area contributed by atoms with Gasteiger partial charge in [-0.25, -0.2) is 4.98 Å². The molecule has 4 rings (SSSR count). The molecule has 1 saturated carbocycles. The van der Waals surface area contributed by atoms with E-state index in [0.29, 0.717) is 6.54 Å². The molecular weight excluding hydrogens is 334 g/mol. The predicted octanol–water partition coefficient (Wildman–Crippen LogP) is 4.41. The van der Waals surface area contributed by atoms with Crippen molar-refractivity contribution in [1.82, 2.24) is 14.9 Å². The van der Waals surface area contributed by atoms with Crippen LogP contribution in [0.3, 0.4) is 0 Å². The van der Waals surface area contributed by atoms with Crippen LogP contribution in [0.15, 0.2) is 48.5 Å². The largest absolute Gasteiger partial charge is 0.349 e. The maximum Gasteiger partial charge on any atom is 0.223 e. The number of rotatable bonds is 5. The molecule has 0 spiro atoms. The first-order valence-electron chi connectivity index (χ1n) is 9.73. The standard InChI is InChI=1S/C23H27N3O/c1-23(2,3)18-12-8-16(9-13-18)15-26-20-7-5-4-6-19(20)25-21(26)14-24-22(27)17-10-11-17/h4-9,12-13,17H,10-11,14-15H2,1-3H3,(H,24,27). The maximum absolute atomic E-state index is 12.0. The Hall–Kier alpha value is -2.62. The highest BCUT2D eigenvalue weighted by Crippen LogP contribution is 2.29. The minimum Gasteiger partial charge on any atom is -0.349 e. The third-order valence-corrected chi connectivity index (χ3v) is 5.26. The van der Waals surface area contributed by atoms with Crippen molar-refractivity contribution in [3.63, 3.8) is 0 Å². The van der Waals surface area contributed by atoms with Gasteiger partial charge in [0.05, 0.1) is 17.6 Å². The van der Waals surface area contributed by atoms with E-state index in [1.807, 2.05) is 18.2 Å². The molecule has 140 valence electrons. The zero-order valence-corrected chi connectivity index (χ0v) is 16.3. The van der Waals surface area contributed by atoms with Crippen molar-refractivity contribution in [2.24, 2.45) is 5.92 Å². The zero-order chi connectivity index (χ0) is 19.0. The molecule has 4 heteroatoms. The van der Waals surface area contributed by atoms with Crippen LogP contribution in [-0.2, 0) is 23.3 Å². The first-order valence-corrected chi connectivity index (χ1v) is 9.73. The summed E-state index contributed by atoms with van der Waals surface area (Å²) in [5.41, 5.74) is 4.80. The molecule has 1 aliphatic carbocycles. The molecule has 1 fully saturated rings. The fraction of sp³-hybridized carbons (Fsp3) is 0.391. The lowest BCUT2D eigenvalue weighted by Gasteiger charge is -2.19. The first-order chi connectivity index (χ1) is 12.9. The fourth-order valence-corrected chi connectivity index (χ4v) is 3.39. The van der Waals surface area contributed by atoms with Gasteiger partial charge in [-0.3, -0.25) is 4.79 Å². The molecule has 1 aromatic heterocycles. The smallest absolute Gasteiger partial charge is 0.223 e. The zero-order valence-electron chi connectivity index (χ0n) is 16.3. The lowest BCUT2D eigenvalue weighted by atomic mass is 9.87. The number of fused-ring (bicyclic) bond motifs is 1. The summed E-state index contributed by atoms with van der Waals surface area (Å²) in [5.74, 6) is 1.28. The number of carbonyl (C=O) groups is 1. The summed E-state index contributed by atoms with van der Waals surface area (Å²) in [7, 11) is 0. The number of hydrogen-bond donors (Lipinski definition) is 1. The second kappa shape index (κ2) is 6.84. The highest BCUT2D eigenvalue weighted by molar-refractivity contribution is 5.81. The van der Waals surface area contributed by atoms with E-state index < -0.39 is 0 Å². The van der Waals surface area contributed by atoms with E-state index in [0.717, 1.165) is 36.2 Å². The highest BCUT2D eigenvalue weighted by atomic mass is 16.2. The van der Waals surface area contributed by atoms with Gasteiger partial charge in [-0.1, -0.05) is 57.2 Å². The van der Waals surface area contributed by atoms with Gasteiger partial charge in [-0.05, 0) is 41.5 Å². The van der Waals surface area contributed by atoms with Gasteiger partial charge in [0.1, 0.15) is 5.82 Å². The summed E-state index contributed by atoms with van der Waals surface area (Å²) < 4.78 is 2.22. The Morgan fingerprint density at radius 2 is 1.81 bits per heavy atom. The van der Waals surface area contributed by atoms with E-state index in [2.05, 4.69) is 61.0 Å². The SMILES string of the molecule is CC(C)(C)c1ccc(Cn2c(CNC(=O)C3CC3)nc3ccccc32)cc1. The van der Waals surface area contributed by atoms with Crippen LogP contribution < -0.4 is 5.32 Å². The van der Waals surface area contributed by atoms with E-state index in [9.17, 15) is 4.79 Å². The predicted molar refractivity (Wildman–Crippen MR) is 109 cm³/mol. The van der Waals surface area contributed by atoms with Crippen molar-refractivity contribution in [3.8, 4) is 0 Å². The average Bonchev–Trinajstić information content (AvgIpc) is 3.43. The Bertz CT molecular complexity index is 959. The van der Waals surface area contributed by atoms with Crippen LogP contribution in [-0.4, -0.2) is 15.5 Å². The fourth-order valence-electron chi connectivity index (χ4n) is 3.39. The van der Waals surface area contributed by atoms with Crippen molar-refractivity contribution in [3.05, 3.63) is 65.5 Å². The number of nitrogens with zero attached hydrogens (tertiary/aromatic N) is 2. The molecule has 1 heterocycles. The normalized spacial score (nSPS) is 14.5. The molecule has 0 radical (unpaired) electrons. The van der Waals surface area contributed by atoms with Crippen LogP contribution in [0.25, 0.3) is 11.0 Å². The number of hydrogen-bond acceptors (Lipinski definition) is 2. The molecule has 1 N–H and O–H groups in total. The van der Waals surface area contributed by atoms with Gasteiger partial charge in [-0.15, -0.1) is 0 Å². The van der Waals surface area contributed by atoms with Gasteiger partial charge in [0.2, 0.25) is 5.91 Å². The number of amides is 1. The topological polar surface area (TPSA) is 46.9 Å². The molecular formula is C23H27N3O. The van der Waals surface area contributed by atoms with Crippen molar-refractivity contribution < 1.29 is 4.79 Å². The lowest BCUT2D eigenvalue weighted by molar-refractivity contribution is -0.122. The molecule has 2 aromatic carbocycles. The number of nitrogens with one attached hydrogen (secondary N) is 1. The molecule has 1 aliphatic rings. The van der Waals surface area contributed by atoms with Crippen LogP contribution in [0.4, 0.5) is 0 Å². The summed E-state index contributed by atoms with van der Waals surface area (Å²) in [4.78, 5) is 16.8. The van der Waals surface area contributed by atoms with Crippen molar-refractivity contribution in [1.29, 1.82) is 0 Å². The molecule has 0 unspecified atom stereocenters. The Morgan fingerprint density at radius 3 is 2.48 bits per heavy atom. The molecule has 0 saturated heterocycles. The minimum atomic E-state index is 0.151. The Morgan fingerprint density at radius 1 is 1.11 bits per heavy atom. The van der Waals surface area contributed by atoms with Crippen LogP contribution in [0, 0.1) is 5.92 Å². The molecule has 3 aromatic rings. The Labute approximate surface area is 160 Å². The second-order valence-corrected chi connectivity index (χ2v) is 8.54. The number of aromatic nitrogens is 2. The van der Waals surface area contributed by atoms with E-state index in [4.69, 9.17) is 4.98 Å². The summed E-state index contributed by atoms with van der Waals surface area (Å²) >= 11 is 0. The third kappa shape index (κ3) is 3.90.